The van der Waals surface area contributed by atoms with E-state index in [-0.39, 0.29) is 29.8 Å². The molecule has 0 unspecified atom stereocenters. The Morgan fingerprint density at radius 1 is 0.974 bits per heavy atom. The van der Waals surface area contributed by atoms with E-state index in [2.05, 4.69) is 0 Å². The van der Waals surface area contributed by atoms with Crippen molar-refractivity contribution >= 4 is 44.3 Å². The number of pyridine rings is 1. The van der Waals surface area contributed by atoms with E-state index in [0.717, 1.165) is 22.2 Å². The molecule has 0 saturated heterocycles. The van der Waals surface area contributed by atoms with Gasteiger partial charge in [-0.2, -0.15) is 4.31 Å². The third-order valence-electron chi connectivity index (χ3n) is 6.48. The van der Waals surface area contributed by atoms with E-state index in [0.29, 0.717) is 17.1 Å². The van der Waals surface area contributed by atoms with Gasteiger partial charge in [0.05, 0.1) is 22.2 Å². The Labute approximate surface area is 235 Å². The summed E-state index contributed by atoms with van der Waals surface area (Å²) in [7, 11) is -3.84. The molecule has 0 bridgehead atoms. The number of fused-ring (bicyclic) bond motifs is 1. The van der Waals surface area contributed by atoms with Gasteiger partial charge in [0.1, 0.15) is 0 Å². The first-order valence-corrected chi connectivity index (χ1v) is 14.8. The van der Waals surface area contributed by atoms with Gasteiger partial charge in [0, 0.05) is 35.1 Å². The minimum absolute atomic E-state index is 0.0481. The predicted molar refractivity (Wildman–Crippen MR) is 160 cm³/mol. The van der Waals surface area contributed by atoms with Crippen LogP contribution in [0, 0.1) is 11.8 Å². The molecule has 0 aliphatic rings. The van der Waals surface area contributed by atoms with Crippen LogP contribution in [0.2, 0.25) is 5.02 Å². The molecule has 1 heterocycles. The monoisotopic (exact) mass is 563 g/mol. The summed E-state index contributed by atoms with van der Waals surface area (Å²) in [5.41, 5.74) is 8.81. The van der Waals surface area contributed by atoms with E-state index in [1.807, 2.05) is 86.7 Å². The van der Waals surface area contributed by atoms with Gasteiger partial charge in [-0.15, -0.1) is 0 Å². The molecular weight excluding hydrogens is 530 g/mol. The Balaban J connectivity index is 1.63. The number of aromatic nitrogens is 1. The molecule has 6 nitrogen and oxygen atoms in total. The number of sulfonamides is 1. The van der Waals surface area contributed by atoms with Crippen molar-refractivity contribution in [3.05, 3.63) is 107 Å². The van der Waals surface area contributed by atoms with E-state index in [9.17, 15) is 13.5 Å². The van der Waals surface area contributed by atoms with Gasteiger partial charge in [0.15, 0.2) is 0 Å². The zero-order chi connectivity index (χ0) is 28.0. The fourth-order valence-electron chi connectivity index (χ4n) is 4.45. The summed E-state index contributed by atoms with van der Waals surface area (Å²) in [6.07, 6.45) is 3.37. The lowest BCUT2D eigenvalue weighted by Crippen LogP contribution is -2.42. The molecule has 0 aliphatic carbocycles. The molecule has 0 fully saturated rings. The maximum Gasteiger partial charge on any atom is 0.243 e. The van der Waals surface area contributed by atoms with Crippen LogP contribution in [0.4, 0.5) is 5.69 Å². The van der Waals surface area contributed by atoms with Gasteiger partial charge < -0.3 is 10.8 Å². The van der Waals surface area contributed by atoms with Crippen LogP contribution in [0.5, 0.6) is 0 Å². The Morgan fingerprint density at radius 3 is 2.36 bits per heavy atom. The SMILES string of the molecule is CC(C)CN(C[C@@H](O)[C@@H](/C=C/c1ccc2ccc(Cl)cc2n1)Cc1ccccc1)S(=O)(=O)c1ccc(N)cc1. The van der Waals surface area contributed by atoms with Crippen LogP contribution in [0.1, 0.15) is 25.1 Å². The number of rotatable bonds is 11. The third-order valence-corrected chi connectivity index (χ3v) is 8.56. The number of anilines is 1. The molecule has 2 atom stereocenters. The summed E-state index contributed by atoms with van der Waals surface area (Å²) in [4.78, 5) is 4.84. The molecule has 3 aromatic carbocycles. The second-order valence-electron chi connectivity index (χ2n) is 10.1. The molecule has 0 spiro atoms. The average Bonchev–Trinajstić information content (AvgIpc) is 2.91. The molecule has 0 aliphatic heterocycles. The molecule has 1 aromatic heterocycles. The van der Waals surface area contributed by atoms with Crippen molar-refractivity contribution in [2.45, 2.75) is 31.3 Å². The molecule has 0 saturated carbocycles. The fraction of sp³-hybridized carbons (Fsp3) is 0.258. The zero-order valence-corrected chi connectivity index (χ0v) is 23.7. The van der Waals surface area contributed by atoms with E-state index < -0.39 is 16.1 Å². The van der Waals surface area contributed by atoms with Gasteiger partial charge in [-0.1, -0.05) is 74.0 Å². The van der Waals surface area contributed by atoms with E-state index in [4.69, 9.17) is 22.3 Å². The van der Waals surface area contributed by atoms with Crippen molar-refractivity contribution in [1.82, 2.24) is 9.29 Å². The molecule has 39 heavy (non-hydrogen) atoms. The number of hydrogen-bond acceptors (Lipinski definition) is 5. The number of hydrogen-bond donors (Lipinski definition) is 2. The van der Waals surface area contributed by atoms with Crippen molar-refractivity contribution in [1.29, 1.82) is 0 Å². The van der Waals surface area contributed by atoms with E-state index >= 15 is 0 Å². The van der Waals surface area contributed by atoms with Gasteiger partial charge in [-0.3, -0.25) is 0 Å². The number of benzene rings is 3. The van der Waals surface area contributed by atoms with Crippen LogP contribution < -0.4 is 5.73 Å². The van der Waals surface area contributed by atoms with Gasteiger partial charge in [0.2, 0.25) is 10.0 Å². The van der Waals surface area contributed by atoms with E-state index in [1.165, 1.54) is 16.4 Å². The largest absolute Gasteiger partial charge is 0.399 e. The lowest BCUT2D eigenvalue weighted by molar-refractivity contribution is 0.104. The van der Waals surface area contributed by atoms with Gasteiger partial charge >= 0.3 is 0 Å². The molecule has 204 valence electrons. The minimum atomic E-state index is -3.84. The molecule has 0 amide bonds. The summed E-state index contributed by atoms with van der Waals surface area (Å²) < 4.78 is 28.5. The Hall–Kier alpha value is -3.23. The maximum atomic E-state index is 13.6. The second-order valence-corrected chi connectivity index (χ2v) is 12.5. The summed E-state index contributed by atoms with van der Waals surface area (Å²) in [5.74, 6) is -0.293. The van der Waals surface area contributed by atoms with Gasteiger partial charge in [0.25, 0.3) is 0 Å². The van der Waals surface area contributed by atoms with Crippen LogP contribution in [0.25, 0.3) is 17.0 Å². The van der Waals surface area contributed by atoms with Crippen molar-refractivity contribution in [3.63, 3.8) is 0 Å². The zero-order valence-electron chi connectivity index (χ0n) is 22.1. The summed E-state index contributed by atoms with van der Waals surface area (Å²) in [6.45, 7) is 4.14. The second kappa shape index (κ2) is 12.7. The molecule has 4 rings (SSSR count). The Morgan fingerprint density at radius 2 is 1.67 bits per heavy atom. The summed E-state index contributed by atoms with van der Waals surface area (Å²) >= 11 is 6.15. The van der Waals surface area contributed by atoms with Crippen molar-refractivity contribution in [2.24, 2.45) is 11.8 Å². The van der Waals surface area contributed by atoms with Crippen LogP contribution >= 0.6 is 11.6 Å². The smallest absolute Gasteiger partial charge is 0.243 e. The molecular formula is C31H34ClN3O3S. The quantitative estimate of drug-likeness (QED) is 0.217. The number of aliphatic hydroxyl groups is 1. The molecule has 3 N–H and O–H groups in total. The fourth-order valence-corrected chi connectivity index (χ4v) is 6.24. The summed E-state index contributed by atoms with van der Waals surface area (Å²) in [5, 5.41) is 13.1. The van der Waals surface area contributed by atoms with Crippen molar-refractivity contribution in [2.75, 3.05) is 18.8 Å². The highest BCUT2D eigenvalue weighted by molar-refractivity contribution is 7.89. The van der Waals surface area contributed by atoms with Crippen LogP contribution in [0.15, 0.2) is 95.9 Å². The number of aliphatic hydroxyl groups excluding tert-OH is 1. The van der Waals surface area contributed by atoms with Crippen LogP contribution in [-0.2, 0) is 16.4 Å². The molecule has 8 heteroatoms. The lowest BCUT2D eigenvalue weighted by atomic mass is 9.93. The maximum absolute atomic E-state index is 13.6. The molecule has 4 aromatic rings. The Bertz CT molecular complexity index is 1520. The topological polar surface area (TPSA) is 96.5 Å². The number of nitrogens with two attached hydrogens (primary N) is 1. The number of halogens is 1. The Kier molecular flexibility index (Phi) is 9.40. The lowest BCUT2D eigenvalue weighted by Gasteiger charge is -2.29. The highest BCUT2D eigenvalue weighted by Crippen LogP contribution is 2.24. The van der Waals surface area contributed by atoms with Crippen LogP contribution in [-0.4, -0.2) is 42.0 Å². The first-order chi connectivity index (χ1) is 18.6. The van der Waals surface area contributed by atoms with Crippen molar-refractivity contribution in [3.8, 4) is 0 Å². The molecule has 0 radical (unpaired) electrons. The van der Waals surface area contributed by atoms with Gasteiger partial charge in [-0.25, -0.2) is 13.4 Å². The normalized spacial score (nSPS) is 13.9. The number of nitrogens with zero attached hydrogens (tertiary/aromatic N) is 2. The first-order valence-electron chi connectivity index (χ1n) is 12.9. The van der Waals surface area contributed by atoms with Crippen molar-refractivity contribution < 1.29 is 13.5 Å². The minimum Gasteiger partial charge on any atom is -0.399 e. The van der Waals surface area contributed by atoms with Crippen LogP contribution in [0.3, 0.4) is 0 Å². The van der Waals surface area contributed by atoms with Gasteiger partial charge in [-0.05, 0) is 66.4 Å². The standard InChI is InChI=1S/C31H34ClN3O3S/c1-22(2)20-35(39(37,38)29-16-12-27(33)13-17-29)21-31(36)25(18-23-6-4-3-5-7-23)10-15-28-14-9-24-8-11-26(32)19-30(24)34-28/h3-17,19,22,25,31,36H,18,20-21,33H2,1-2H3/b15-10+/t25-,31+/m0/s1. The third kappa shape index (κ3) is 7.67. The first kappa shape index (κ1) is 28.8. The van der Waals surface area contributed by atoms with E-state index in [1.54, 1.807) is 12.1 Å². The highest BCUT2D eigenvalue weighted by Gasteiger charge is 2.30. The summed E-state index contributed by atoms with van der Waals surface area (Å²) in [6, 6.07) is 25.5. The number of nitrogen functional groups attached to an aromatic ring is 1. The highest BCUT2D eigenvalue weighted by atomic mass is 35.5. The average molecular weight is 564 g/mol. The predicted octanol–water partition coefficient (Wildman–Crippen LogP) is 6.05.